The van der Waals surface area contributed by atoms with Gasteiger partial charge in [0.2, 0.25) is 5.15 Å². The van der Waals surface area contributed by atoms with Gasteiger partial charge in [0.15, 0.2) is 0 Å². The van der Waals surface area contributed by atoms with Crippen molar-refractivity contribution >= 4 is 34.1 Å². The summed E-state index contributed by atoms with van der Waals surface area (Å²) in [5.41, 5.74) is 0. The van der Waals surface area contributed by atoms with Crippen molar-refractivity contribution < 1.29 is 4.74 Å². The Morgan fingerprint density at radius 3 is 2.59 bits per heavy atom. The summed E-state index contributed by atoms with van der Waals surface area (Å²) in [5.74, 6) is 1.06. The van der Waals surface area contributed by atoms with Gasteiger partial charge in [0.25, 0.3) is 5.88 Å². The predicted molar refractivity (Wildman–Crippen MR) is 68.9 cm³/mol. The first-order chi connectivity index (χ1) is 8.33. The third-order valence-corrected chi connectivity index (χ3v) is 3.21. The predicted octanol–water partition coefficient (Wildman–Crippen LogP) is 4.14. The molecule has 0 bridgehead atoms. The fourth-order valence-electron chi connectivity index (χ4n) is 1.57. The van der Waals surface area contributed by atoms with Gasteiger partial charge in [-0.05, 0) is 22.9 Å². The van der Waals surface area contributed by atoms with Gasteiger partial charge in [0.05, 0.1) is 11.7 Å². The number of hydrogen-bond donors (Lipinski definition) is 0. The lowest BCUT2D eigenvalue weighted by Gasteiger charge is -2.03. The minimum atomic E-state index is 0.295. The van der Waals surface area contributed by atoms with E-state index in [1.165, 1.54) is 5.39 Å². The third-order valence-electron chi connectivity index (χ3n) is 2.36. The van der Waals surface area contributed by atoms with Crippen LogP contribution in [0.3, 0.4) is 0 Å². The summed E-state index contributed by atoms with van der Waals surface area (Å²) in [7, 11) is 0. The number of aromatic nitrogens is 2. The Hall–Kier alpha value is -1.65. The molecule has 3 rings (SSSR count). The van der Waals surface area contributed by atoms with Crippen LogP contribution >= 0.6 is 23.3 Å². The normalized spacial score (nSPS) is 10.6. The minimum absolute atomic E-state index is 0.295. The molecule has 0 amide bonds. The van der Waals surface area contributed by atoms with Crippen LogP contribution in [0, 0.1) is 0 Å². The number of hydrogen-bond acceptors (Lipinski definition) is 4. The van der Waals surface area contributed by atoms with Gasteiger partial charge >= 0.3 is 0 Å². The molecular weight excluding hydrogens is 256 g/mol. The van der Waals surface area contributed by atoms with E-state index in [0.29, 0.717) is 16.8 Å². The lowest BCUT2D eigenvalue weighted by molar-refractivity contribution is 0.469. The van der Waals surface area contributed by atoms with E-state index in [4.69, 9.17) is 16.3 Å². The second-order valence-electron chi connectivity index (χ2n) is 3.47. The maximum atomic E-state index is 5.82. The van der Waals surface area contributed by atoms with Crippen LogP contribution in [0.15, 0.2) is 42.5 Å². The van der Waals surface area contributed by atoms with E-state index in [2.05, 4.69) is 14.8 Å². The van der Waals surface area contributed by atoms with E-state index < -0.39 is 0 Å². The van der Waals surface area contributed by atoms with Crippen molar-refractivity contribution in [1.29, 1.82) is 0 Å². The van der Waals surface area contributed by atoms with Crippen LogP contribution in [0.5, 0.6) is 11.6 Å². The van der Waals surface area contributed by atoms with Crippen LogP contribution in [0.2, 0.25) is 5.15 Å². The molecule has 0 aliphatic heterocycles. The standard InChI is InChI=1S/C12H7ClN2OS/c13-11-12(15-17-14-11)16-10-6-5-8-3-1-2-4-9(8)7-10/h1-7H. The zero-order valence-corrected chi connectivity index (χ0v) is 10.2. The molecule has 1 heterocycles. The largest absolute Gasteiger partial charge is 0.436 e. The summed E-state index contributed by atoms with van der Waals surface area (Å²) in [6, 6.07) is 13.9. The Morgan fingerprint density at radius 1 is 1.00 bits per heavy atom. The van der Waals surface area contributed by atoms with E-state index in [0.717, 1.165) is 17.1 Å². The Labute approximate surface area is 107 Å². The molecule has 84 valence electrons. The van der Waals surface area contributed by atoms with Crippen molar-refractivity contribution in [2.45, 2.75) is 0 Å². The molecule has 1 aromatic heterocycles. The van der Waals surface area contributed by atoms with Gasteiger partial charge in [0.1, 0.15) is 5.75 Å². The molecule has 0 aliphatic rings. The van der Waals surface area contributed by atoms with Crippen molar-refractivity contribution in [2.24, 2.45) is 0 Å². The lowest BCUT2D eigenvalue weighted by Crippen LogP contribution is -1.84. The quantitative estimate of drug-likeness (QED) is 0.696. The molecule has 0 saturated heterocycles. The topological polar surface area (TPSA) is 35.0 Å². The Balaban J connectivity index is 1.99. The zero-order chi connectivity index (χ0) is 11.7. The Morgan fingerprint density at radius 2 is 1.82 bits per heavy atom. The molecule has 3 aromatic rings. The highest BCUT2D eigenvalue weighted by molar-refractivity contribution is 6.99. The summed E-state index contributed by atoms with van der Waals surface area (Å²) in [6.07, 6.45) is 0. The highest BCUT2D eigenvalue weighted by Crippen LogP contribution is 2.28. The van der Waals surface area contributed by atoms with E-state index >= 15 is 0 Å². The first kappa shape index (κ1) is 10.5. The minimum Gasteiger partial charge on any atom is -0.436 e. The molecule has 0 atom stereocenters. The zero-order valence-electron chi connectivity index (χ0n) is 8.63. The fraction of sp³-hybridized carbons (Fsp3) is 0. The van der Waals surface area contributed by atoms with Gasteiger partial charge in [-0.1, -0.05) is 41.9 Å². The number of fused-ring (bicyclic) bond motifs is 1. The smallest absolute Gasteiger partial charge is 0.270 e. The second kappa shape index (κ2) is 4.31. The van der Waals surface area contributed by atoms with Crippen LogP contribution < -0.4 is 4.74 Å². The van der Waals surface area contributed by atoms with Crippen molar-refractivity contribution in [3.05, 3.63) is 47.6 Å². The molecule has 0 radical (unpaired) electrons. The van der Waals surface area contributed by atoms with E-state index in [1.54, 1.807) is 0 Å². The molecule has 0 fully saturated rings. The average molecular weight is 263 g/mol. The van der Waals surface area contributed by atoms with E-state index in [1.807, 2.05) is 36.4 Å². The maximum absolute atomic E-state index is 5.82. The molecule has 0 spiro atoms. The highest BCUT2D eigenvalue weighted by Gasteiger charge is 2.07. The Kier molecular flexibility index (Phi) is 2.66. The molecule has 5 heteroatoms. The van der Waals surface area contributed by atoms with E-state index in [9.17, 15) is 0 Å². The first-order valence-electron chi connectivity index (χ1n) is 4.97. The van der Waals surface area contributed by atoms with Crippen molar-refractivity contribution in [1.82, 2.24) is 8.75 Å². The fourth-order valence-corrected chi connectivity index (χ4v) is 2.19. The SMILES string of the molecule is Clc1nsnc1Oc1ccc2ccccc2c1. The van der Waals surface area contributed by atoms with Crippen LogP contribution in [0.25, 0.3) is 10.8 Å². The van der Waals surface area contributed by atoms with Crippen LogP contribution in [-0.2, 0) is 0 Å². The van der Waals surface area contributed by atoms with Gasteiger partial charge in [-0.3, -0.25) is 0 Å². The maximum Gasteiger partial charge on any atom is 0.270 e. The highest BCUT2D eigenvalue weighted by atomic mass is 35.5. The molecule has 17 heavy (non-hydrogen) atoms. The molecule has 3 nitrogen and oxygen atoms in total. The number of halogens is 1. The van der Waals surface area contributed by atoms with Gasteiger partial charge in [0, 0.05) is 0 Å². The lowest BCUT2D eigenvalue weighted by atomic mass is 10.1. The summed E-state index contributed by atoms with van der Waals surface area (Å²) in [5, 5.41) is 2.58. The molecular formula is C12H7ClN2OS. The van der Waals surface area contributed by atoms with Crippen LogP contribution in [0.1, 0.15) is 0 Å². The van der Waals surface area contributed by atoms with Crippen molar-refractivity contribution in [2.75, 3.05) is 0 Å². The molecule has 0 unspecified atom stereocenters. The van der Waals surface area contributed by atoms with Crippen LogP contribution in [0.4, 0.5) is 0 Å². The van der Waals surface area contributed by atoms with E-state index in [-0.39, 0.29) is 0 Å². The monoisotopic (exact) mass is 262 g/mol. The summed E-state index contributed by atoms with van der Waals surface area (Å²) in [6.45, 7) is 0. The number of nitrogens with zero attached hydrogens (tertiary/aromatic N) is 2. The summed E-state index contributed by atoms with van der Waals surface area (Å²) in [4.78, 5) is 0. The number of rotatable bonds is 2. The van der Waals surface area contributed by atoms with Crippen LogP contribution in [-0.4, -0.2) is 8.75 Å². The summed E-state index contributed by atoms with van der Waals surface area (Å²) >= 11 is 6.85. The third kappa shape index (κ3) is 2.09. The molecule has 0 saturated carbocycles. The van der Waals surface area contributed by atoms with Gasteiger partial charge in [-0.2, -0.15) is 4.37 Å². The average Bonchev–Trinajstić information content (AvgIpc) is 2.75. The molecule has 0 N–H and O–H groups in total. The van der Waals surface area contributed by atoms with Gasteiger partial charge < -0.3 is 4.74 Å². The second-order valence-corrected chi connectivity index (χ2v) is 4.36. The molecule has 2 aromatic carbocycles. The summed E-state index contributed by atoms with van der Waals surface area (Å²) < 4.78 is 13.4. The number of ether oxygens (including phenoxy) is 1. The van der Waals surface area contributed by atoms with Gasteiger partial charge in [-0.15, -0.1) is 4.37 Å². The van der Waals surface area contributed by atoms with Gasteiger partial charge in [-0.25, -0.2) is 0 Å². The number of benzene rings is 2. The molecule has 0 aliphatic carbocycles. The van der Waals surface area contributed by atoms with Crippen molar-refractivity contribution in [3.63, 3.8) is 0 Å². The Bertz CT molecular complexity index is 668. The first-order valence-corrected chi connectivity index (χ1v) is 6.08. The van der Waals surface area contributed by atoms with Crippen molar-refractivity contribution in [3.8, 4) is 11.6 Å².